The van der Waals surface area contributed by atoms with Crippen LogP contribution in [0.2, 0.25) is 5.02 Å². The van der Waals surface area contributed by atoms with Gasteiger partial charge in [0, 0.05) is 0 Å². The van der Waals surface area contributed by atoms with Crippen molar-refractivity contribution in [3.8, 4) is 11.5 Å². The summed E-state index contributed by atoms with van der Waals surface area (Å²) in [5.41, 5.74) is 0.544. The zero-order valence-electron chi connectivity index (χ0n) is 11.9. The predicted molar refractivity (Wildman–Crippen MR) is 77.0 cm³/mol. The fourth-order valence-electron chi connectivity index (χ4n) is 1.85. The first-order chi connectivity index (χ1) is 9.95. The summed E-state index contributed by atoms with van der Waals surface area (Å²) < 4.78 is 24.4. The fourth-order valence-corrected chi connectivity index (χ4v) is 2.02. The van der Waals surface area contributed by atoms with Crippen LogP contribution in [-0.2, 0) is 4.74 Å². The Morgan fingerprint density at radius 1 is 1.48 bits per heavy atom. The molecule has 0 N–H and O–H groups in total. The van der Waals surface area contributed by atoms with E-state index in [-0.39, 0.29) is 34.8 Å². The molecule has 0 aliphatic heterocycles. The molecule has 6 heteroatoms. The predicted octanol–water partition coefficient (Wildman–Crippen LogP) is 4.43. The van der Waals surface area contributed by atoms with Crippen LogP contribution in [0.4, 0.5) is 4.39 Å². The molecule has 0 saturated carbocycles. The van der Waals surface area contributed by atoms with Gasteiger partial charge < -0.3 is 9.15 Å². The Kier molecular flexibility index (Phi) is 4.63. The average Bonchev–Trinajstić information content (AvgIpc) is 2.87. The molecule has 0 radical (unpaired) electrons. The Labute approximate surface area is 126 Å². The number of hydrogen-bond acceptors (Lipinski definition) is 4. The third-order valence-electron chi connectivity index (χ3n) is 2.84. The van der Waals surface area contributed by atoms with Gasteiger partial charge in [0.1, 0.15) is 0 Å². The number of esters is 1. The quantitative estimate of drug-likeness (QED) is 0.784. The molecule has 0 bridgehead atoms. The van der Waals surface area contributed by atoms with E-state index in [1.807, 2.05) is 13.8 Å². The van der Waals surface area contributed by atoms with Crippen molar-refractivity contribution in [2.75, 3.05) is 6.61 Å². The second-order valence-corrected chi connectivity index (χ2v) is 5.12. The molecule has 1 aromatic carbocycles. The smallest absolute Gasteiger partial charge is 0.376 e. The maximum Gasteiger partial charge on any atom is 0.376 e. The highest BCUT2D eigenvalue weighted by Crippen LogP contribution is 2.31. The molecule has 4 nitrogen and oxygen atoms in total. The van der Waals surface area contributed by atoms with Crippen LogP contribution in [0.25, 0.3) is 11.5 Å². The van der Waals surface area contributed by atoms with Crippen molar-refractivity contribution >= 4 is 17.6 Å². The second kappa shape index (κ2) is 6.26. The topological polar surface area (TPSA) is 52.3 Å². The van der Waals surface area contributed by atoms with Crippen molar-refractivity contribution < 1.29 is 18.3 Å². The van der Waals surface area contributed by atoms with Crippen molar-refractivity contribution in [1.82, 2.24) is 4.98 Å². The molecule has 0 aliphatic rings. The number of benzene rings is 1. The minimum Gasteiger partial charge on any atom is -0.460 e. The molecule has 0 atom stereocenters. The van der Waals surface area contributed by atoms with E-state index in [4.69, 9.17) is 20.8 Å². The maximum absolute atomic E-state index is 14.0. The molecule has 112 valence electrons. The minimum atomic E-state index is -0.633. The summed E-state index contributed by atoms with van der Waals surface area (Å²) in [6.07, 6.45) is 0. The standard InChI is InChI=1S/C15H15ClFNO3/c1-4-20-15(19)13-12(8(2)3)18-14(21-13)9-6-5-7-10(16)11(9)17/h5-8H,4H2,1-3H3. The second-order valence-electron chi connectivity index (χ2n) is 4.71. The molecule has 0 spiro atoms. The first kappa shape index (κ1) is 15.5. The Hall–Kier alpha value is -1.88. The van der Waals surface area contributed by atoms with E-state index in [1.165, 1.54) is 12.1 Å². The van der Waals surface area contributed by atoms with Gasteiger partial charge in [0.05, 0.1) is 22.9 Å². The number of carbonyl (C=O) groups is 1. The molecule has 2 rings (SSSR count). The monoisotopic (exact) mass is 311 g/mol. The van der Waals surface area contributed by atoms with Crippen LogP contribution in [0.15, 0.2) is 22.6 Å². The summed E-state index contributed by atoms with van der Waals surface area (Å²) in [7, 11) is 0. The molecule has 1 heterocycles. The Morgan fingerprint density at radius 3 is 2.81 bits per heavy atom. The number of rotatable bonds is 4. The van der Waals surface area contributed by atoms with E-state index in [0.29, 0.717) is 5.69 Å². The van der Waals surface area contributed by atoms with Gasteiger partial charge in [-0.3, -0.25) is 0 Å². The lowest BCUT2D eigenvalue weighted by Gasteiger charge is -2.02. The Balaban J connectivity index is 2.54. The zero-order chi connectivity index (χ0) is 15.6. The van der Waals surface area contributed by atoms with Gasteiger partial charge in [-0.1, -0.05) is 31.5 Å². The third-order valence-corrected chi connectivity index (χ3v) is 3.13. The number of ether oxygens (including phenoxy) is 1. The number of aromatic nitrogens is 1. The lowest BCUT2D eigenvalue weighted by molar-refractivity contribution is 0.0488. The van der Waals surface area contributed by atoms with E-state index >= 15 is 0 Å². The van der Waals surface area contributed by atoms with Crippen LogP contribution in [-0.4, -0.2) is 17.6 Å². The van der Waals surface area contributed by atoms with Crippen LogP contribution >= 0.6 is 11.6 Å². The molecule has 0 aliphatic carbocycles. The molecule has 0 amide bonds. The van der Waals surface area contributed by atoms with Crippen LogP contribution in [0, 0.1) is 5.82 Å². The van der Waals surface area contributed by atoms with Crippen LogP contribution in [0.1, 0.15) is 42.9 Å². The maximum atomic E-state index is 14.0. The van der Waals surface area contributed by atoms with E-state index in [1.54, 1.807) is 13.0 Å². The highest BCUT2D eigenvalue weighted by Gasteiger charge is 2.25. The molecule has 1 aromatic heterocycles. The van der Waals surface area contributed by atoms with Gasteiger partial charge in [-0.2, -0.15) is 0 Å². The SMILES string of the molecule is CCOC(=O)c1oc(-c2cccc(Cl)c2F)nc1C(C)C. The summed E-state index contributed by atoms with van der Waals surface area (Å²) in [5, 5.41) is -0.0329. The molecule has 21 heavy (non-hydrogen) atoms. The van der Waals surface area contributed by atoms with Gasteiger partial charge in [-0.15, -0.1) is 0 Å². The van der Waals surface area contributed by atoms with Gasteiger partial charge in [-0.05, 0) is 25.0 Å². The number of oxazole rings is 1. The van der Waals surface area contributed by atoms with Crippen molar-refractivity contribution in [3.63, 3.8) is 0 Å². The van der Waals surface area contributed by atoms with Crippen molar-refractivity contribution in [1.29, 1.82) is 0 Å². The Morgan fingerprint density at radius 2 is 2.19 bits per heavy atom. The van der Waals surface area contributed by atoms with Gasteiger partial charge in [0.25, 0.3) is 0 Å². The van der Waals surface area contributed by atoms with E-state index < -0.39 is 11.8 Å². The average molecular weight is 312 g/mol. The van der Waals surface area contributed by atoms with Crippen molar-refractivity contribution in [2.45, 2.75) is 26.7 Å². The van der Waals surface area contributed by atoms with Crippen LogP contribution < -0.4 is 0 Å². The number of halogens is 2. The summed E-state index contributed by atoms with van der Waals surface area (Å²) in [6.45, 7) is 5.64. The molecular formula is C15H15ClFNO3. The van der Waals surface area contributed by atoms with Crippen molar-refractivity contribution in [3.05, 3.63) is 40.5 Å². The molecular weight excluding hydrogens is 297 g/mol. The lowest BCUT2D eigenvalue weighted by atomic mass is 10.1. The van der Waals surface area contributed by atoms with Gasteiger partial charge in [0.15, 0.2) is 5.82 Å². The summed E-state index contributed by atoms with van der Waals surface area (Å²) in [6, 6.07) is 4.51. The molecule has 0 saturated heterocycles. The first-order valence-electron chi connectivity index (χ1n) is 6.57. The first-order valence-corrected chi connectivity index (χ1v) is 6.95. The summed E-state index contributed by atoms with van der Waals surface area (Å²) >= 11 is 5.75. The number of hydrogen-bond donors (Lipinski definition) is 0. The van der Waals surface area contributed by atoms with E-state index in [0.717, 1.165) is 0 Å². The number of carbonyl (C=O) groups excluding carboxylic acids is 1. The molecule has 0 fully saturated rings. The largest absolute Gasteiger partial charge is 0.460 e. The van der Waals surface area contributed by atoms with Gasteiger partial charge in [0.2, 0.25) is 11.7 Å². The molecule has 2 aromatic rings. The summed E-state index contributed by atoms with van der Waals surface area (Å²) in [4.78, 5) is 16.1. The third kappa shape index (κ3) is 3.08. The number of nitrogens with zero attached hydrogens (tertiary/aromatic N) is 1. The highest BCUT2D eigenvalue weighted by atomic mass is 35.5. The molecule has 0 unspecified atom stereocenters. The van der Waals surface area contributed by atoms with Crippen LogP contribution in [0.5, 0.6) is 0 Å². The van der Waals surface area contributed by atoms with E-state index in [9.17, 15) is 9.18 Å². The highest BCUT2D eigenvalue weighted by molar-refractivity contribution is 6.31. The zero-order valence-corrected chi connectivity index (χ0v) is 12.7. The fraction of sp³-hybridized carbons (Fsp3) is 0.333. The minimum absolute atomic E-state index is 0.00113. The summed E-state index contributed by atoms with van der Waals surface area (Å²) in [5.74, 6) is -1.29. The van der Waals surface area contributed by atoms with Gasteiger partial charge in [-0.25, -0.2) is 14.2 Å². The lowest BCUT2D eigenvalue weighted by Crippen LogP contribution is -2.07. The van der Waals surface area contributed by atoms with E-state index in [2.05, 4.69) is 4.98 Å². The van der Waals surface area contributed by atoms with Gasteiger partial charge >= 0.3 is 5.97 Å². The normalized spacial score (nSPS) is 11.0. The van der Waals surface area contributed by atoms with Crippen molar-refractivity contribution in [2.24, 2.45) is 0 Å². The van der Waals surface area contributed by atoms with Crippen LogP contribution in [0.3, 0.4) is 0 Å². The Bertz CT molecular complexity index is 667.